The molecule has 0 spiro atoms. The quantitative estimate of drug-likeness (QED) is 0.431. The second-order valence-electron chi connectivity index (χ2n) is 5.80. The first-order valence-corrected chi connectivity index (χ1v) is 15.7. The third kappa shape index (κ3) is 5.30. The van der Waals surface area contributed by atoms with Gasteiger partial charge < -0.3 is 0 Å². The SMILES string of the molecule is CCC[CH2][Sn]([CH2]CCC)([CH2]CCC)[c]1ccnc(F)n1. The molecule has 0 unspecified atom stereocenters. The molecule has 0 N–H and O–H groups in total. The summed E-state index contributed by atoms with van der Waals surface area (Å²) in [6.45, 7) is 6.74. The van der Waals surface area contributed by atoms with Crippen LogP contribution in [0.5, 0.6) is 0 Å². The van der Waals surface area contributed by atoms with E-state index >= 15 is 0 Å². The summed E-state index contributed by atoms with van der Waals surface area (Å²) in [5.74, 6) is 0. The van der Waals surface area contributed by atoms with Crippen LogP contribution >= 0.6 is 0 Å². The maximum atomic E-state index is 13.5. The van der Waals surface area contributed by atoms with Gasteiger partial charge >= 0.3 is 127 Å². The van der Waals surface area contributed by atoms with Crippen molar-refractivity contribution in [3.63, 3.8) is 0 Å². The van der Waals surface area contributed by atoms with Crippen molar-refractivity contribution in [1.29, 1.82) is 0 Å². The Morgan fingerprint density at radius 3 is 1.85 bits per heavy atom. The van der Waals surface area contributed by atoms with Gasteiger partial charge in [0.15, 0.2) is 0 Å². The number of hydrogen-bond donors (Lipinski definition) is 0. The average molecular weight is 387 g/mol. The van der Waals surface area contributed by atoms with Gasteiger partial charge in [0.1, 0.15) is 0 Å². The van der Waals surface area contributed by atoms with Crippen molar-refractivity contribution in [3.8, 4) is 0 Å². The number of nitrogens with zero attached hydrogens (tertiary/aromatic N) is 2. The molecule has 0 aliphatic carbocycles. The minimum absolute atomic E-state index is 0.534. The number of hydrogen-bond acceptors (Lipinski definition) is 2. The molecule has 20 heavy (non-hydrogen) atoms. The van der Waals surface area contributed by atoms with Gasteiger partial charge in [0.2, 0.25) is 0 Å². The van der Waals surface area contributed by atoms with Gasteiger partial charge in [-0.1, -0.05) is 0 Å². The zero-order valence-corrected chi connectivity index (χ0v) is 16.1. The van der Waals surface area contributed by atoms with E-state index in [1.807, 2.05) is 6.07 Å². The Bertz CT molecular complexity index is 363. The number of rotatable bonds is 10. The van der Waals surface area contributed by atoms with Crippen molar-refractivity contribution in [2.75, 3.05) is 0 Å². The fraction of sp³-hybridized carbons (Fsp3) is 0.750. The zero-order chi connectivity index (χ0) is 14.8. The zero-order valence-electron chi connectivity index (χ0n) is 13.3. The molecule has 1 rings (SSSR count). The van der Waals surface area contributed by atoms with Crippen LogP contribution in [0.4, 0.5) is 4.39 Å². The molecule has 114 valence electrons. The van der Waals surface area contributed by atoms with E-state index in [1.54, 1.807) is 6.20 Å². The Hall–Kier alpha value is -0.191. The van der Waals surface area contributed by atoms with E-state index < -0.39 is 24.5 Å². The second kappa shape index (κ2) is 9.69. The Balaban J connectivity index is 3.04. The van der Waals surface area contributed by atoms with Crippen LogP contribution in [-0.2, 0) is 0 Å². The molecule has 0 aliphatic heterocycles. The van der Waals surface area contributed by atoms with Crippen LogP contribution in [0.1, 0.15) is 59.3 Å². The van der Waals surface area contributed by atoms with Gasteiger partial charge in [0, 0.05) is 0 Å². The van der Waals surface area contributed by atoms with Crippen molar-refractivity contribution >= 4 is 22.1 Å². The number of aromatic nitrogens is 2. The van der Waals surface area contributed by atoms with Gasteiger partial charge in [0.05, 0.1) is 0 Å². The van der Waals surface area contributed by atoms with E-state index in [4.69, 9.17) is 0 Å². The Labute approximate surface area is 127 Å². The van der Waals surface area contributed by atoms with Crippen molar-refractivity contribution in [2.24, 2.45) is 0 Å². The molecule has 4 heteroatoms. The van der Waals surface area contributed by atoms with E-state index in [9.17, 15) is 4.39 Å². The van der Waals surface area contributed by atoms with Crippen molar-refractivity contribution in [2.45, 2.75) is 72.6 Å². The fourth-order valence-corrected chi connectivity index (χ4v) is 18.3. The molecule has 0 amide bonds. The molecule has 0 atom stereocenters. The first-order chi connectivity index (χ1) is 9.68. The van der Waals surface area contributed by atoms with Crippen LogP contribution in [0.15, 0.2) is 12.3 Å². The predicted octanol–water partition coefficient (Wildman–Crippen LogP) is 4.67. The Morgan fingerprint density at radius 2 is 1.45 bits per heavy atom. The normalized spacial score (nSPS) is 11.8. The summed E-state index contributed by atoms with van der Waals surface area (Å²) < 4.78 is 18.6. The second-order valence-corrected chi connectivity index (χ2v) is 18.9. The molecular formula is C16H29FN2Sn. The van der Waals surface area contributed by atoms with Crippen LogP contribution in [0.3, 0.4) is 0 Å². The van der Waals surface area contributed by atoms with Crippen LogP contribution in [0.2, 0.25) is 13.3 Å². The van der Waals surface area contributed by atoms with E-state index in [2.05, 4.69) is 30.7 Å². The summed E-state index contributed by atoms with van der Waals surface area (Å²) in [6, 6.07) is 2.01. The topological polar surface area (TPSA) is 25.8 Å². The Kier molecular flexibility index (Phi) is 8.65. The third-order valence-corrected chi connectivity index (χ3v) is 19.3. The summed E-state index contributed by atoms with van der Waals surface area (Å²) in [6.07, 6.45) is 8.58. The molecule has 0 fully saturated rings. The molecule has 0 aliphatic rings. The molecule has 0 bridgehead atoms. The maximum absolute atomic E-state index is 13.5. The summed E-state index contributed by atoms with van der Waals surface area (Å²) in [5.41, 5.74) is 0. The average Bonchev–Trinajstić information content (AvgIpc) is 2.47. The number of halogens is 1. The molecule has 0 aromatic carbocycles. The van der Waals surface area contributed by atoms with Crippen LogP contribution in [0.25, 0.3) is 0 Å². The molecule has 0 saturated carbocycles. The van der Waals surface area contributed by atoms with Gasteiger partial charge in [-0.2, -0.15) is 0 Å². The van der Waals surface area contributed by atoms with E-state index in [0.29, 0.717) is 0 Å². The molecular weight excluding hydrogens is 358 g/mol. The van der Waals surface area contributed by atoms with E-state index in [1.165, 1.54) is 51.8 Å². The predicted molar refractivity (Wildman–Crippen MR) is 86.5 cm³/mol. The van der Waals surface area contributed by atoms with E-state index in [-0.39, 0.29) is 0 Å². The van der Waals surface area contributed by atoms with Gasteiger partial charge in [-0.15, -0.1) is 0 Å². The molecule has 1 heterocycles. The minimum atomic E-state index is -2.53. The third-order valence-electron chi connectivity index (χ3n) is 4.20. The molecule has 1 aromatic rings. The van der Waals surface area contributed by atoms with Crippen LogP contribution < -0.4 is 3.71 Å². The monoisotopic (exact) mass is 388 g/mol. The van der Waals surface area contributed by atoms with Gasteiger partial charge in [0.25, 0.3) is 0 Å². The molecule has 1 aromatic heterocycles. The summed E-state index contributed by atoms with van der Waals surface area (Å²) in [5, 5.41) is 0. The van der Waals surface area contributed by atoms with Crippen LogP contribution in [0, 0.1) is 6.08 Å². The first kappa shape index (κ1) is 17.9. The fourth-order valence-electron chi connectivity index (χ4n) is 2.93. The van der Waals surface area contributed by atoms with Gasteiger partial charge in [-0.3, -0.25) is 0 Å². The van der Waals surface area contributed by atoms with E-state index in [0.717, 1.165) is 3.71 Å². The van der Waals surface area contributed by atoms with Gasteiger partial charge in [-0.05, 0) is 0 Å². The summed E-state index contributed by atoms with van der Waals surface area (Å²) in [7, 11) is 0. The van der Waals surface area contributed by atoms with Crippen molar-refractivity contribution in [3.05, 3.63) is 18.3 Å². The van der Waals surface area contributed by atoms with Gasteiger partial charge in [-0.25, -0.2) is 0 Å². The number of unbranched alkanes of at least 4 members (excludes halogenated alkanes) is 3. The first-order valence-electron chi connectivity index (χ1n) is 8.17. The standard InChI is InChI=1S/C4H2FN2.3C4H9.Sn/c5-4-6-2-1-3-7-4;3*1-3-4-2;/h1-2H;3*1,3-4H2,2H3;. The van der Waals surface area contributed by atoms with Crippen molar-refractivity contribution < 1.29 is 4.39 Å². The molecule has 2 nitrogen and oxygen atoms in total. The van der Waals surface area contributed by atoms with Crippen LogP contribution in [-0.4, -0.2) is 28.3 Å². The van der Waals surface area contributed by atoms with Crippen molar-refractivity contribution in [1.82, 2.24) is 9.97 Å². The molecule has 0 radical (unpaired) electrons. The molecule has 0 saturated heterocycles. The summed E-state index contributed by atoms with van der Waals surface area (Å²) in [4.78, 5) is 7.87. The Morgan fingerprint density at radius 1 is 0.950 bits per heavy atom. The summed E-state index contributed by atoms with van der Waals surface area (Å²) >= 11 is -2.53.